The third kappa shape index (κ3) is 4.66. The van der Waals surface area contributed by atoms with E-state index in [4.69, 9.17) is 12.2 Å². The lowest BCUT2D eigenvalue weighted by molar-refractivity contribution is -0.123. The first-order valence-corrected chi connectivity index (χ1v) is 13.7. The number of benzene rings is 1. The number of carbonyl (C=O) groups is 1. The number of nitriles is 1. The van der Waals surface area contributed by atoms with Gasteiger partial charge in [0.25, 0.3) is 11.5 Å². The van der Waals surface area contributed by atoms with Crippen molar-refractivity contribution in [3.63, 3.8) is 0 Å². The molecule has 3 aliphatic rings. The molecule has 1 amide bonds. The number of pyridine rings is 1. The Morgan fingerprint density at radius 2 is 1.70 bits per heavy atom. The van der Waals surface area contributed by atoms with Crippen molar-refractivity contribution < 1.29 is 9.18 Å². The lowest BCUT2D eigenvalue weighted by Gasteiger charge is -2.38. The minimum Gasteiger partial charge on any atom is -0.368 e. The van der Waals surface area contributed by atoms with Crippen molar-refractivity contribution in [2.45, 2.75) is 38.6 Å². The number of hydrogen-bond donors (Lipinski definition) is 0. The first kappa shape index (κ1) is 25.5. The number of amides is 1. The van der Waals surface area contributed by atoms with E-state index >= 15 is 0 Å². The molecule has 2 aromatic rings. The third-order valence-corrected chi connectivity index (χ3v) is 8.86. The van der Waals surface area contributed by atoms with Gasteiger partial charge >= 0.3 is 0 Å². The number of thioether (sulfide) groups is 1. The van der Waals surface area contributed by atoms with E-state index in [2.05, 4.69) is 15.9 Å². The fourth-order valence-corrected chi connectivity index (χ4v) is 6.89. The summed E-state index contributed by atoms with van der Waals surface area (Å²) in [6.45, 7) is 4.38. The van der Waals surface area contributed by atoms with Gasteiger partial charge in [0, 0.05) is 50.5 Å². The van der Waals surface area contributed by atoms with Gasteiger partial charge in [0.1, 0.15) is 27.6 Å². The average Bonchev–Trinajstić information content (AvgIpc) is 3.51. The van der Waals surface area contributed by atoms with Gasteiger partial charge < -0.3 is 9.80 Å². The van der Waals surface area contributed by atoms with Gasteiger partial charge in [0.05, 0.1) is 4.91 Å². The molecule has 37 heavy (non-hydrogen) atoms. The highest BCUT2D eigenvalue weighted by Crippen LogP contribution is 2.39. The number of hydrogen-bond acceptors (Lipinski definition) is 7. The molecular weight excluding hydrogens is 509 g/mol. The SMILES string of the molecule is Cc1c(/C=C2\SC(=S)N(C3CCCC3)C2=O)c(N2CCN(c3ccc(F)cc3)CC2)n(C)c(=O)c1C#N. The standard InChI is InChI=1S/C27H28FN5O2S2/c1-17-21(15-23-26(35)33(27(36)37-23)20-5-3-4-6-20)24(30(2)25(34)22(17)16-29)32-13-11-31(12-14-32)19-9-7-18(28)8-10-19/h7-10,15,20H,3-6,11-14H2,1-2H3/b23-15-. The highest BCUT2D eigenvalue weighted by molar-refractivity contribution is 8.26. The molecule has 1 aromatic carbocycles. The van der Waals surface area contributed by atoms with Crippen LogP contribution in [0.25, 0.3) is 6.08 Å². The molecule has 0 atom stereocenters. The summed E-state index contributed by atoms with van der Waals surface area (Å²) in [6.07, 6.45) is 5.92. The Balaban J connectivity index is 1.50. The number of anilines is 2. The van der Waals surface area contributed by atoms with Gasteiger partial charge in [-0.3, -0.25) is 19.1 Å². The van der Waals surface area contributed by atoms with Crippen LogP contribution in [0.2, 0.25) is 0 Å². The molecule has 2 aliphatic heterocycles. The molecule has 5 rings (SSSR count). The van der Waals surface area contributed by atoms with Crippen LogP contribution in [-0.2, 0) is 11.8 Å². The molecule has 2 saturated heterocycles. The number of thiocarbonyl (C=S) groups is 1. The maximum atomic E-state index is 13.4. The molecule has 0 unspecified atom stereocenters. The number of halogens is 1. The van der Waals surface area contributed by atoms with E-state index in [1.807, 2.05) is 6.08 Å². The van der Waals surface area contributed by atoms with Crippen molar-refractivity contribution in [2.24, 2.45) is 7.05 Å². The largest absolute Gasteiger partial charge is 0.368 e. The van der Waals surface area contributed by atoms with Crippen LogP contribution >= 0.6 is 24.0 Å². The maximum absolute atomic E-state index is 13.4. The van der Waals surface area contributed by atoms with Crippen molar-refractivity contribution in [1.82, 2.24) is 9.47 Å². The van der Waals surface area contributed by atoms with Gasteiger partial charge in [0.2, 0.25) is 0 Å². The predicted octanol–water partition coefficient (Wildman–Crippen LogP) is 4.17. The molecule has 0 N–H and O–H groups in total. The van der Waals surface area contributed by atoms with Gasteiger partial charge in [0.15, 0.2) is 0 Å². The second-order valence-electron chi connectivity index (χ2n) is 9.65. The van der Waals surface area contributed by atoms with Gasteiger partial charge in [-0.25, -0.2) is 4.39 Å². The highest BCUT2D eigenvalue weighted by atomic mass is 32.2. The Kier molecular flexibility index (Phi) is 7.10. The number of carbonyl (C=O) groups excluding carboxylic acids is 1. The third-order valence-electron chi connectivity index (χ3n) is 7.53. The highest BCUT2D eigenvalue weighted by Gasteiger charge is 2.38. The van der Waals surface area contributed by atoms with Crippen LogP contribution in [0.1, 0.15) is 42.4 Å². The zero-order valence-electron chi connectivity index (χ0n) is 20.9. The van der Waals surface area contributed by atoms with Crippen LogP contribution in [0.4, 0.5) is 15.9 Å². The molecule has 0 spiro atoms. The smallest absolute Gasteiger partial charge is 0.270 e. The van der Waals surface area contributed by atoms with Gasteiger partial charge in [-0.2, -0.15) is 5.26 Å². The molecule has 0 radical (unpaired) electrons. The van der Waals surface area contributed by atoms with Gasteiger partial charge in [-0.1, -0.05) is 36.8 Å². The summed E-state index contributed by atoms with van der Waals surface area (Å²) in [5.74, 6) is 0.320. The topological polar surface area (TPSA) is 72.6 Å². The average molecular weight is 538 g/mol. The van der Waals surface area contributed by atoms with Crippen LogP contribution in [0.3, 0.4) is 0 Å². The Bertz CT molecular complexity index is 1380. The Morgan fingerprint density at radius 3 is 2.32 bits per heavy atom. The zero-order valence-corrected chi connectivity index (χ0v) is 22.5. The van der Waals surface area contributed by atoms with E-state index in [9.17, 15) is 19.2 Å². The van der Waals surface area contributed by atoms with Crippen molar-refractivity contribution in [3.8, 4) is 6.07 Å². The molecule has 3 fully saturated rings. The molecule has 1 aliphatic carbocycles. The zero-order chi connectivity index (χ0) is 26.3. The molecule has 10 heteroatoms. The second kappa shape index (κ2) is 10.3. The van der Waals surface area contributed by atoms with Crippen molar-refractivity contribution in [1.29, 1.82) is 5.26 Å². The van der Waals surface area contributed by atoms with E-state index in [1.165, 1.54) is 28.5 Å². The van der Waals surface area contributed by atoms with E-state index in [1.54, 1.807) is 31.0 Å². The van der Waals surface area contributed by atoms with Crippen LogP contribution in [0.15, 0.2) is 34.0 Å². The van der Waals surface area contributed by atoms with Crippen molar-refractivity contribution >= 4 is 51.8 Å². The summed E-state index contributed by atoms with van der Waals surface area (Å²) in [5.41, 5.74) is 1.93. The van der Waals surface area contributed by atoms with E-state index in [0.717, 1.165) is 31.4 Å². The minimum absolute atomic E-state index is 0.0775. The number of nitrogens with zero attached hydrogens (tertiary/aromatic N) is 5. The summed E-state index contributed by atoms with van der Waals surface area (Å²) < 4.78 is 15.5. The molecule has 1 saturated carbocycles. The van der Waals surface area contributed by atoms with Crippen LogP contribution in [0.5, 0.6) is 0 Å². The first-order valence-electron chi connectivity index (χ1n) is 12.5. The number of aromatic nitrogens is 1. The maximum Gasteiger partial charge on any atom is 0.270 e. The minimum atomic E-state index is -0.355. The van der Waals surface area contributed by atoms with Crippen molar-refractivity contribution in [3.05, 3.63) is 62.0 Å². The lowest BCUT2D eigenvalue weighted by atomic mass is 10.0. The lowest BCUT2D eigenvalue weighted by Crippen LogP contribution is -2.48. The van der Waals surface area contributed by atoms with Gasteiger partial charge in [-0.05, 0) is 55.7 Å². The van der Waals surface area contributed by atoms with E-state index in [-0.39, 0.29) is 28.9 Å². The normalized spacial score (nSPS) is 19.8. The van der Waals surface area contributed by atoms with Crippen LogP contribution < -0.4 is 15.4 Å². The predicted molar refractivity (Wildman–Crippen MR) is 149 cm³/mol. The summed E-state index contributed by atoms with van der Waals surface area (Å²) in [5, 5.41) is 9.74. The fourth-order valence-electron chi connectivity index (χ4n) is 5.51. The van der Waals surface area contributed by atoms with Crippen LogP contribution in [0, 0.1) is 24.1 Å². The molecular formula is C27H28FN5O2S2. The molecule has 3 heterocycles. The Hall–Kier alpha value is -3.16. The summed E-state index contributed by atoms with van der Waals surface area (Å²) in [7, 11) is 1.67. The van der Waals surface area contributed by atoms with Crippen molar-refractivity contribution in [2.75, 3.05) is 36.0 Å². The summed E-state index contributed by atoms with van der Waals surface area (Å²) >= 11 is 6.87. The second-order valence-corrected chi connectivity index (χ2v) is 11.3. The monoisotopic (exact) mass is 537 g/mol. The van der Waals surface area contributed by atoms with Crippen LogP contribution in [-0.4, -0.2) is 51.9 Å². The van der Waals surface area contributed by atoms with E-state index < -0.39 is 0 Å². The summed E-state index contributed by atoms with van der Waals surface area (Å²) in [4.78, 5) is 33.1. The first-order chi connectivity index (χ1) is 17.8. The molecule has 192 valence electrons. The summed E-state index contributed by atoms with van der Waals surface area (Å²) in [6, 6.07) is 8.65. The van der Waals surface area contributed by atoms with E-state index in [0.29, 0.717) is 52.3 Å². The Labute approximate surface area is 225 Å². The van der Waals surface area contributed by atoms with Gasteiger partial charge in [-0.15, -0.1) is 0 Å². The quantitative estimate of drug-likeness (QED) is 0.428. The molecule has 0 bridgehead atoms. The Morgan fingerprint density at radius 1 is 1.08 bits per heavy atom. The number of piperazine rings is 1. The molecule has 7 nitrogen and oxygen atoms in total. The fraction of sp³-hybridized carbons (Fsp3) is 0.407. The molecule has 1 aromatic heterocycles. The number of rotatable bonds is 4.